The Kier molecular flexibility index (Phi) is 5.16. The molecule has 2 aliphatic rings. The number of fused-ring (bicyclic) bond motifs is 1. The number of anilines is 1. The van der Waals surface area contributed by atoms with Gasteiger partial charge in [0, 0.05) is 18.4 Å². The number of H-pyrrole nitrogens is 1. The molecular weight excluding hydrogens is 403 g/mol. The lowest BCUT2D eigenvalue weighted by Gasteiger charge is -2.34. The van der Waals surface area contributed by atoms with Gasteiger partial charge in [0.2, 0.25) is 0 Å². The van der Waals surface area contributed by atoms with Gasteiger partial charge in [-0.3, -0.25) is 15.1 Å². The van der Waals surface area contributed by atoms with Crippen LogP contribution in [0.15, 0.2) is 36.4 Å². The lowest BCUT2D eigenvalue weighted by atomic mass is 9.87. The van der Waals surface area contributed by atoms with Crippen LogP contribution in [0.25, 0.3) is 0 Å². The van der Waals surface area contributed by atoms with Crippen molar-refractivity contribution in [2.45, 2.75) is 31.6 Å². The molecular formula is C19H18F3N5OS. The van der Waals surface area contributed by atoms with Gasteiger partial charge in [0.25, 0.3) is 5.91 Å². The number of thiocarbonyl (C=S) groups is 1. The van der Waals surface area contributed by atoms with Crippen molar-refractivity contribution in [2.75, 3.05) is 11.4 Å². The van der Waals surface area contributed by atoms with Crippen LogP contribution in [-0.2, 0) is 6.54 Å². The Balaban J connectivity index is 1.65. The normalized spacial score (nSPS) is 22.1. The molecule has 1 fully saturated rings. The van der Waals surface area contributed by atoms with Gasteiger partial charge < -0.3 is 15.2 Å². The lowest BCUT2D eigenvalue weighted by molar-refractivity contribution is -0.183. The highest BCUT2D eigenvalue weighted by Gasteiger charge is 2.43. The van der Waals surface area contributed by atoms with Crippen LogP contribution in [0.3, 0.4) is 0 Å². The average Bonchev–Trinajstić information content (AvgIpc) is 3.20. The number of hydrogen-bond acceptors (Lipinski definition) is 5. The predicted molar refractivity (Wildman–Crippen MR) is 104 cm³/mol. The van der Waals surface area contributed by atoms with Crippen LogP contribution in [-0.4, -0.2) is 33.6 Å². The Morgan fingerprint density at radius 1 is 1.34 bits per heavy atom. The van der Waals surface area contributed by atoms with Crippen molar-refractivity contribution in [3.63, 3.8) is 0 Å². The lowest BCUT2D eigenvalue weighted by Crippen LogP contribution is -2.42. The van der Waals surface area contributed by atoms with E-state index < -0.39 is 18.1 Å². The van der Waals surface area contributed by atoms with E-state index in [9.17, 15) is 18.0 Å². The van der Waals surface area contributed by atoms with Gasteiger partial charge in [0.15, 0.2) is 5.82 Å². The summed E-state index contributed by atoms with van der Waals surface area (Å²) in [6.07, 6.45) is -0.945. The zero-order chi connectivity index (χ0) is 20.6. The summed E-state index contributed by atoms with van der Waals surface area (Å²) in [6.45, 7) is 0.519. The Labute approximate surface area is 170 Å². The molecule has 6 nitrogen and oxygen atoms in total. The maximum Gasteiger partial charge on any atom is 0.391 e. The molecule has 4 heterocycles. The van der Waals surface area contributed by atoms with Crippen LogP contribution in [0, 0.1) is 5.92 Å². The minimum absolute atomic E-state index is 0.0375. The molecule has 0 unspecified atom stereocenters. The van der Waals surface area contributed by atoms with E-state index in [0.717, 1.165) is 0 Å². The van der Waals surface area contributed by atoms with Gasteiger partial charge >= 0.3 is 6.18 Å². The Morgan fingerprint density at radius 2 is 2.17 bits per heavy atom. The Bertz CT molecular complexity index is 982. The summed E-state index contributed by atoms with van der Waals surface area (Å²) in [7, 11) is 0. The molecule has 2 atom stereocenters. The van der Waals surface area contributed by atoms with Gasteiger partial charge in [-0.15, -0.1) is 0 Å². The summed E-state index contributed by atoms with van der Waals surface area (Å²) in [4.78, 5) is 21.2. The summed E-state index contributed by atoms with van der Waals surface area (Å²) in [6, 6.07) is 4.79. The van der Waals surface area contributed by atoms with Crippen LogP contribution in [0.5, 0.6) is 0 Å². The van der Waals surface area contributed by atoms with Crippen molar-refractivity contribution < 1.29 is 18.0 Å². The number of rotatable bonds is 3. The molecule has 2 aromatic heterocycles. The molecule has 2 aromatic rings. The quantitative estimate of drug-likeness (QED) is 0.664. The van der Waals surface area contributed by atoms with E-state index in [-0.39, 0.29) is 31.8 Å². The van der Waals surface area contributed by atoms with Crippen molar-refractivity contribution in [1.29, 1.82) is 0 Å². The molecule has 0 radical (unpaired) electrons. The van der Waals surface area contributed by atoms with E-state index in [2.05, 4.69) is 25.6 Å². The molecule has 2 aliphatic heterocycles. The van der Waals surface area contributed by atoms with Crippen LogP contribution in [0.1, 0.15) is 40.6 Å². The molecule has 1 amide bonds. The van der Waals surface area contributed by atoms with Gasteiger partial charge in [0.1, 0.15) is 5.69 Å². The first-order valence-corrected chi connectivity index (χ1v) is 9.54. The molecule has 0 aromatic carbocycles. The number of nitrogens with one attached hydrogen (secondary N) is 3. The smallest absolute Gasteiger partial charge is 0.355 e. The number of halogens is 3. The summed E-state index contributed by atoms with van der Waals surface area (Å²) in [5.41, 5.74) is 2.31. The van der Waals surface area contributed by atoms with E-state index in [1.807, 2.05) is 0 Å². The van der Waals surface area contributed by atoms with E-state index in [0.29, 0.717) is 28.5 Å². The van der Waals surface area contributed by atoms with Crippen molar-refractivity contribution in [2.24, 2.45) is 5.92 Å². The number of hydrogen-bond donors (Lipinski definition) is 3. The van der Waals surface area contributed by atoms with E-state index in [1.54, 1.807) is 35.5 Å². The number of carbonyl (C=O) groups excluding carboxylic acids is 1. The summed E-state index contributed by atoms with van der Waals surface area (Å²) < 4.78 is 39.7. The van der Waals surface area contributed by atoms with E-state index in [4.69, 9.17) is 12.2 Å². The predicted octanol–water partition coefficient (Wildman–Crippen LogP) is 3.20. The number of piperidine rings is 1. The van der Waals surface area contributed by atoms with Gasteiger partial charge in [-0.2, -0.15) is 13.2 Å². The van der Waals surface area contributed by atoms with Gasteiger partial charge in [-0.1, -0.05) is 6.07 Å². The molecule has 3 N–H and O–H groups in total. The topological polar surface area (TPSA) is 73.1 Å². The Morgan fingerprint density at radius 3 is 2.93 bits per heavy atom. The van der Waals surface area contributed by atoms with Crippen LogP contribution < -0.4 is 15.5 Å². The van der Waals surface area contributed by atoms with Crippen molar-refractivity contribution in [3.05, 3.63) is 53.4 Å². The van der Waals surface area contributed by atoms with Gasteiger partial charge in [-0.05, 0) is 54.3 Å². The highest BCUT2D eigenvalue weighted by molar-refractivity contribution is 7.78. The fourth-order valence-corrected chi connectivity index (χ4v) is 4.03. The van der Waals surface area contributed by atoms with Crippen molar-refractivity contribution in [1.82, 2.24) is 20.6 Å². The number of amides is 1. The van der Waals surface area contributed by atoms with E-state index in [1.165, 1.54) is 0 Å². The molecule has 0 bridgehead atoms. The molecule has 1 saturated heterocycles. The van der Waals surface area contributed by atoms with Crippen LogP contribution >= 0.6 is 12.2 Å². The van der Waals surface area contributed by atoms with Crippen molar-refractivity contribution >= 4 is 28.8 Å². The molecule has 10 heteroatoms. The summed E-state index contributed by atoms with van der Waals surface area (Å²) >= 11 is 4.92. The number of nitrogens with zero attached hydrogens (tertiary/aromatic N) is 2. The third-order valence-electron chi connectivity index (χ3n) is 5.32. The molecule has 29 heavy (non-hydrogen) atoms. The zero-order valence-corrected chi connectivity index (χ0v) is 16.0. The monoisotopic (exact) mass is 421 g/mol. The summed E-state index contributed by atoms with van der Waals surface area (Å²) in [5.74, 6) is -1.36. The van der Waals surface area contributed by atoms with Gasteiger partial charge in [0.05, 0.1) is 23.8 Å². The summed E-state index contributed by atoms with van der Waals surface area (Å²) in [5, 5.41) is 8.40. The number of carbonyl (C=O) groups is 1. The first kappa shape index (κ1) is 19.6. The number of pyridine rings is 1. The molecule has 0 aliphatic carbocycles. The number of aromatic nitrogens is 2. The Hall–Kier alpha value is -2.68. The molecule has 152 valence electrons. The SMILES string of the molecule is O=C1NC(=C=S)N(Cc2ncccc2[C@@H]2C[C@H](C(F)(F)F)CCN2)c2cc[nH]c21. The molecule has 4 rings (SSSR count). The number of aromatic amines is 1. The first-order chi connectivity index (χ1) is 13.9. The number of alkyl halides is 3. The maximum atomic E-state index is 13.2. The standard InChI is InChI=1S/C19H18F3N5OS/c20-19(21,22)11-3-6-24-13(8-11)12-2-1-5-23-14(12)9-27-15-4-7-25-17(15)18(28)26-16(27)10-29/h1-2,4-5,7,11,13,24-25H,3,6,8-9H2,(H,26,28)/t11-,13+/m1/s1. The third-order valence-corrected chi connectivity index (χ3v) is 5.51. The minimum Gasteiger partial charge on any atom is -0.355 e. The largest absolute Gasteiger partial charge is 0.391 e. The molecule has 0 spiro atoms. The third kappa shape index (κ3) is 3.78. The van der Waals surface area contributed by atoms with Gasteiger partial charge in [-0.25, -0.2) is 0 Å². The minimum atomic E-state index is -4.22. The van der Waals surface area contributed by atoms with Crippen LogP contribution in [0.4, 0.5) is 18.9 Å². The maximum absolute atomic E-state index is 13.2. The van der Waals surface area contributed by atoms with Crippen LogP contribution in [0.2, 0.25) is 0 Å². The second-order valence-electron chi connectivity index (χ2n) is 7.04. The van der Waals surface area contributed by atoms with Crippen molar-refractivity contribution in [3.8, 4) is 0 Å². The fourth-order valence-electron chi connectivity index (χ4n) is 3.87. The second-order valence-corrected chi connectivity index (χ2v) is 7.24. The second kappa shape index (κ2) is 7.62. The zero-order valence-electron chi connectivity index (χ0n) is 15.2. The highest BCUT2D eigenvalue weighted by Crippen LogP contribution is 2.39. The molecule has 0 saturated carbocycles. The fraction of sp³-hybridized carbons (Fsp3) is 0.368. The first-order valence-electron chi connectivity index (χ1n) is 9.13. The highest BCUT2D eigenvalue weighted by atomic mass is 32.1. The van der Waals surface area contributed by atoms with E-state index >= 15 is 0 Å². The average molecular weight is 421 g/mol.